The number of carbonyl (C=O) groups is 2. The van der Waals surface area contributed by atoms with E-state index in [1.807, 2.05) is 12.1 Å². The van der Waals surface area contributed by atoms with Gasteiger partial charge in [0, 0.05) is 40.7 Å². The number of ketones is 1. The summed E-state index contributed by atoms with van der Waals surface area (Å²) in [6.45, 7) is 0. The van der Waals surface area contributed by atoms with Crippen LogP contribution in [0.25, 0.3) is 0 Å². The summed E-state index contributed by atoms with van der Waals surface area (Å²) in [5, 5.41) is 19.2. The number of carboxylic acids is 1. The van der Waals surface area contributed by atoms with Gasteiger partial charge in [-0.3, -0.25) is 9.78 Å². The van der Waals surface area contributed by atoms with Crippen molar-refractivity contribution in [2.24, 2.45) is 0 Å². The summed E-state index contributed by atoms with van der Waals surface area (Å²) < 4.78 is 0. The zero-order valence-corrected chi connectivity index (χ0v) is 11.1. The number of aliphatic hydroxyl groups is 1. The third kappa shape index (κ3) is 3.52. The molecule has 2 heterocycles. The summed E-state index contributed by atoms with van der Waals surface area (Å²) in [5.41, 5.74) is 1.44. The molecule has 0 aromatic carbocycles. The summed E-state index contributed by atoms with van der Waals surface area (Å²) in [6, 6.07) is 5.47. The highest BCUT2D eigenvalue weighted by atomic mass is 32.1. The van der Waals surface area contributed by atoms with Gasteiger partial charge in [0.25, 0.3) is 0 Å². The molecule has 0 aliphatic rings. The monoisotopic (exact) mass is 289 g/mol. The summed E-state index contributed by atoms with van der Waals surface area (Å²) in [4.78, 5) is 27.1. The molecule has 0 saturated heterocycles. The molecular weight excluding hydrogens is 278 g/mol. The highest BCUT2D eigenvalue weighted by molar-refractivity contribution is 7.10. The van der Waals surface area contributed by atoms with Crippen LogP contribution in [0.5, 0.6) is 0 Å². The zero-order valence-electron chi connectivity index (χ0n) is 10.3. The maximum Gasteiger partial charge on any atom is 0.371 e. The Hall–Kier alpha value is -2.47. The Morgan fingerprint density at radius 1 is 1.25 bits per heavy atom. The summed E-state index contributed by atoms with van der Waals surface area (Å²) in [5.74, 6) is -3.01. The van der Waals surface area contributed by atoms with Crippen molar-refractivity contribution in [2.75, 3.05) is 0 Å². The lowest BCUT2D eigenvalue weighted by molar-refractivity contribution is -0.135. The SMILES string of the molecule is O=C(O)C(O)=CC(=O)c1csc(Cc2ccncc2)c1. The normalized spacial score (nSPS) is 11.3. The number of rotatable bonds is 5. The van der Waals surface area contributed by atoms with Crippen molar-refractivity contribution in [1.29, 1.82) is 0 Å². The number of hydrogen-bond acceptors (Lipinski definition) is 5. The van der Waals surface area contributed by atoms with Crippen LogP contribution < -0.4 is 0 Å². The maximum absolute atomic E-state index is 11.7. The second-order valence-corrected chi connectivity index (χ2v) is 5.03. The van der Waals surface area contributed by atoms with E-state index in [2.05, 4.69) is 4.98 Å². The van der Waals surface area contributed by atoms with E-state index >= 15 is 0 Å². The van der Waals surface area contributed by atoms with Crippen LogP contribution in [0.4, 0.5) is 0 Å². The molecule has 0 unspecified atom stereocenters. The Morgan fingerprint density at radius 3 is 2.60 bits per heavy atom. The fraction of sp³-hybridized carbons (Fsp3) is 0.0714. The number of carbonyl (C=O) groups excluding carboxylic acids is 1. The predicted molar refractivity (Wildman–Crippen MR) is 74.0 cm³/mol. The van der Waals surface area contributed by atoms with Crippen LogP contribution in [0, 0.1) is 0 Å². The Labute approximate surface area is 118 Å². The van der Waals surface area contributed by atoms with Gasteiger partial charge in [0.1, 0.15) is 0 Å². The van der Waals surface area contributed by atoms with Gasteiger partial charge in [0.15, 0.2) is 5.78 Å². The lowest BCUT2D eigenvalue weighted by Gasteiger charge is -1.96. The number of aliphatic hydroxyl groups excluding tert-OH is 1. The zero-order chi connectivity index (χ0) is 14.5. The number of pyridine rings is 1. The van der Waals surface area contributed by atoms with Crippen LogP contribution in [0.15, 0.2) is 47.8 Å². The minimum Gasteiger partial charge on any atom is -0.502 e. The van der Waals surface area contributed by atoms with E-state index in [4.69, 9.17) is 10.2 Å². The molecule has 6 heteroatoms. The number of hydrogen-bond donors (Lipinski definition) is 2. The van der Waals surface area contributed by atoms with Crippen molar-refractivity contribution >= 4 is 23.1 Å². The molecule has 0 saturated carbocycles. The van der Waals surface area contributed by atoms with Crippen LogP contribution in [0.3, 0.4) is 0 Å². The molecule has 0 bridgehead atoms. The first-order chi connectivity index (χ1) is 9.56. The summed E-state index contributed by atoms with van der Waals surface area (Å²) >= 11 is 1.41. The third-order valence-corrected chi connectivity index (χ3v) is 3.49. The van der Waals surface area contributed by atoms with Crippen molar-refractivity contribution in [1.82, 2.24) is 4.98 Å². The van der Waals surface area contributed by atoms with Gasteiger partial charge >= 0.3 is 5.97 Å². The molecule has 2 aromatic heterocycles. The molecule has 0 aliphatic heterocycles. The largest absolute Gasteiger partial charge is 0.502 e. The molecule has 0 aliphatic carbocycles. The predicted octanol–water partition coefficient (Wildman–Crippen LogP) is 2.44. The molecule has 2 N–H and O–H groups in total. The van der Waals surface area contributed by atoms with Gasteiger partial charge in [0.2, 0.25) is 5.76 Å². The van der Waals surface area contributed by atoms with Crippen molar-refractivity contribution in [2.45, 2.75) is 6.42 Å². The first-order valence-corrected chi connectivity index (χ1v) is 6.59. The topological polar surface area (TPSA) is 87.5 Å². The van der Waals surface area contributed by atoms with Crippen molar-refractivity contribution in [3.8, 4) is 0 Å². The number of aliphatic carboxylic acids is 1. The van der Waals surface area contributed by atoms with Crippen LogP contribution in [-0.4, -0.2) is 26.9 Å². The minimum absolute atomic E-state index is 0.367. The van der Waals surface area contributed by atoms with Gasteiger partial charge in [-0.15, -0.1) is 11.3 Å². The third-order valence-electron chi connectivity index (χ3n) is 2.55. The standard InChI is InChI=1S/C14H11NO4S/c16-12(7-13(17)14(18)19)10-6-11(20-8-10)5-9-1-3-15-4-2-9/h1-4,6-8,17H,5H2,(H,18,19). The molecule has 0 atom stereocenters. The minimum atomic E-state index is -1.52. The number of thiophene rings is 1. The molecule has 2 aromatic rings. The van der Waals surface area contributed by atoms with Gasteiger partial charge in [-0.1, -0.05) is 0 Å². The van der Waals surface area contributed by atoms with Crippen molar-refractivity contribution in [3.63, 3.8) is 0 Å². The molecule has 20 heavy (non-hydrogen) atoms. The van der Waals surface area contributed by atoms with E-state index in [0.29, 0.717) is 18.1 Å². The Bertz CT molecular complexity index is 661. The first-order valence-electron chi connectivity index (χ1n) is 5.71. The average molecular weight is 289 g/mol. The summed E-state index contributed by atoms with van der Waals surface area (Å²) in [6.07, 6.45) is 4.78. The first kappa shape index (κ1) is 14.0. The maximum atomic E-state index is 11.7. The highest BCUT2D eigenvalue weighted by Crippen LogP contribution is 2.19. The quantitative estimate of drug-likeness (QED) is 0.501. The van der Waals surface area contributed by atoms with Gasteiger partial charge in [-0.2, -0.15) is 0 Å². The average Bonchev–Trinajstić information content (AvgIpc) is 2.88. The van der Waals surface area contributed by atoms with E-state index in [0.717, 1.165) is 10.4 Å². The molecule has 5 nitrogen and oxygen atoms in total. The number of allylic oxidation sites excluding steroid dienone is 1. The van der Waals surface area contributed by atoms with Crippen LogP contribution in [0.2, 0.25) is 0 Å². The van der Waals surface area contributed by atoms with E-state index in [1.54, 1.807) is 23.8 Å². The lowest BCUT2D eigenvalue weighted by Crippen LogP contribution is -2.03. The Kier molecular flexibility index (Phi) is 4.27. The van der Waals surface area contributed by atoms with Crippen molar-refractivity contribution in [3.05, 3.63) is 63.8 Å². The van der Waals surface area contributed by atoms with Gasteiger partial charge in [-0.25, -0.2) is 4.79 Å². The van der Waals surface area contributed by atoms with E-state index in [-0.39, 0.29) is 0 Å². The molecule has 102 valence electrons. The molecule has 0 spiro atoms. The number of aromatic nitrogens is 1. The number of nitrogens with zero attached hydrogens (tertiary/aromatic N) is 1. The molecule has 0 fully saturated rings. The van der Waals surface area contributed by atoms with E-state index in [1.165, 1.54) is 11.3 Å². The smallest absolute Gasteiger partial charge is 0.371 e. The van der Waals surface area contributed by atoms with Crippen LogP contribution in [-0.2, 0) is 11.2 Å². The van der Waals surface area contributed by atoms with Crippen molar-refractivity contribution < 1.29 is 19.8 Å². The molecular formula is C14H11NO4S. The molecule has 0 amide bonds. The molecule has 0 radical (unpaired) electrons. The fourth-order valence-electron chi connectivity index (χ4n) is 1.57. The lowest BCUT2D eigenvalue weighted by atomic mass is 10.1. The second-order valence-electron chi connectivity index (χ2n) is 4.03. The van der Waals surface area contributed by atoms with Gasteiger partial charge in [0.05, 0.1) is 0 Å². The van der Waals surface area contributed by atoms with E-state index in [9.17, 15) is 9.59 Å². The molecule has 2 rings (SSSR count). The Balaban J connectivity index is 2.11. The number of carboxylic acid groups (broad SMARTS) is 1. The van der Waals surface area contributed by atoms with Gasteiger partial charge < -0.3 is 10.2 Å². The van der Waals surface area contributed by atoms with Gasteiger partial charge in [-0.05, 0) is 23.8 Å². The fourth-order valence-corrected chi connectivity index (χ4v) is 2.48. The van der Waals surface area contributed by atoms with E-state index < -0.39 is 17.5 Å². The Morgan fingerprint density at radius 2 is 1.95 bits per heavy atom. The summed E-state index contributed by atoms with van der Waals surface area (Å²) in [7, 11) is 0. The second kappa shape index (κ2) is 6.12. The van der Waals surface area contributed by atoms with Crippen LogP contribution in [0.1, 0.15) is 20.8 Å². The highest BCUT2D eigenvalue weighted by Gasteiger charge is 2.11. The van der Waals surface area contributed by atoms with Crippen LogP contribution >= 0.6 is 11.3 Å².